The predicted molar refractivity (Wildman–Crippen MR) is 75.8 cm³/mol. The Kier molecular flexibility index (Phi) is 4.33. The summed E-state index contributed by atoms with van der Waals surface area (Å²) in [6.45, 7) is 3.80. The van der Waals surface area contributed by atoms with Gasteiger partial charge in [0.2, 0.25) is 10.0 Å². The lowest BCUT2D eigenvalue weighted by molar-refractivity contribution is -0.0516. The van der Waals surface area contributed by atoms with Gasteiger partial charge in [0.1, 0.15) is 0 Å². The largest absolute Gasteiger partial charge is 0.399 e. The first-order valence-corrected chi connectivity index (χ1v) is 7.90. The fourth-order valence-electron chi connectivity index (χ4n) is 2.30. The zero-order valence-corrected chi connectivity index (χ0v) is 12.4. The molecule has 0 radical (unpaired) electrons. The molecule has 0 aromatic heterocycles. The van der Waals surface area contributed by atoms with Crippen molar-refractivity contribution < 1.29 is 18.3 Å². The Labute approximate surface area is 119 Å². The van der Waals surface area contributed by atoms with Gasteiger partial charge < -0.3 is 15.6 Å². The molecule has 1 aromatic rings. The minimum atomic E-state index is -3.64. The fourth-order valence-corrected chi connectivity index (χ4v) is 4.09. The van der Waals surface area contributed by atoms with E-state index >= 15 is 0 Å². The first-order chi connectivity index (χ1) is 9.34. The Morgan fingerprint density at radius 1 is 1.45 bits per heavy atom. The number of hydrogen-bond donors (Lipinski definition) is 2. The first kappa shape index (κ1) is 15.2. The van der Waals surface area contributed by atoms with Crippen LogP contribution in [0.3, 0.4) is 0 Å². The molecule has 20 heavy (non-hydrogen) atoms. The molecule has 0 aliphatic carbocycles. The van der Waals surface area contributed by atoms with Crippen LogP contribution in [0.2, 0.25) is 0 Å². The molecule has 2 unspecified atom stereocenters. The molecule has 1 saturated heterocycles. The average molecular weight is 300 g/mol. The summed E-state index contributed by atoms with van der Waals surface area (Å²) in [7, 11) is -3.64. The van der Waals surface area contributed by atoms with Gasteiger partial charge in [-0.1, -0.05) is 0 Å². The quantitative estimate of drug-likeness (QED) is 0.786. The maximum atomic E-state index is 12.7. The number of benzene rings is 1. The SMILES string of the molecule is Cc1cc(N)cc(S(=O)(=O)N2CC(CO)OCC2C)c1. The van der Waals surface area contributed by atoms with E-state index in [2.05, 4.69) is 0 Å². The molecule has 1 heterocycles. The first-order valence-electron chi connectivity index (χ1n) is 6.46. The van der Waals surface area contributed by atoms with Crippen molar-refractivity contribution in [2.75, 3.05) is 25.5 Å². The number of morpholine rings is 1. The summed E-state index contributed by atoms with van der Waals surface area (Å²) < 4.78 is 32.1. The molecular formula is C13H20N2O4S. The highest BCUT2D eigenvalue weighted by molar-refractivity contribution is 7.89. The topological polar surface area (TPSA) is 92.9 Å². The van der Waals surface area contributed by atoms with Gasteiger partial charge in [0, 0.05) is 18.3 Å². The van der Waals surface area contributed by atoms with Crippen LogP contribution in [0, 0.1) is 6.92 Å². The molecule has 0 bridgehead atoms. The third kappa shape index (κ3) is 2.95. The van der Waals surface area contributed by atoms with Gasteiger partial charge in [0.05, 0.1) is 24.2 Å². The maximum absolute atomic E-state index is 12.7. The van der Waals surface area contributed by atoms with Gasteiger partial charge >= 0.3 is 0 Å². The second kappa shape index (κ2) is 5.69. The van der Waals surface area contributed by atoms with E-state index in [1.807, 2.05) is 0 Å². The lowest BCUT2D eigenvalue weighted by atomic mass is 10.2. The molecule has 1 fully saturated rings. The Morgan fingerprint density at radius 3 is 2.75 bits per heavy atom. The van der Waals surface area contributed by atoms with Crippen LogP contribution < -0.4 is 5.73 Å². The number of aliphatic hydroxyl groups excluding tert-OH is 1. The molecule has 1 aromatic carbocycles. The van der Waals surface area contributed by atoms with E-state index in [1.54, 1.807) is 26.0 Å². The summed E-state index contributed by atoms with van der Waals surface area (Å²) in [5.74, 6) is 0. The van der Waals surface area contributed by atoms with Gasteiger partial charge in [0.15, 0.2) is 0 Å². The lowest BCUT2D eigenvalue weighted by Gasteiger charge is -2.36. The summed E-state index contributed by atoms with van der Waals surface area (Å²) >= 11 is 0. The molecule has 2 rings (SSSR count). The van der Waals surface area contributed by atoms with E-state index < -0.39 is 16.1 Å². The number of anilines is 1. The molecule has 2 atom stereocenters. The van der Waals surface area contributed by atoms with Crippen molar-refractivity contribution in [3.8, 4) is 0 Å². The maximum Gasteiger partial charge on any atom is 0.243 e. The summed E-state index contributed by atoms with van der Waals surface area (Å²) in [4.78, 5) is 0.181. The molecule has 7 heteroatoms. The van der Waals surface area contributed by atoms with Crippen molar-refractivity contribution in [1.29, 1.82) is 0 Å². The second-order valence-corrected chi connectivity index (χ2v) is 7.03. The number of nitrogen functional groups attached to an aromatic ring is 1. The number of hydrogen-bond acceptors (Lipinski definition) is 5. The smallest absolute Gasteiger partial charge is 0.243 e. The van der Waals surface area contributed by atoms with E-state index in [4.69, 9.17) is 15.6 Å². The van der Waals surface area contributed by atoms with Gasteiger partial charge in [-0.05, 0) is 37.6 Å². The molecule has 0 saturated carbocycles. The zero-order valence-electron chi connectivity index (χ0n) is 11.6. The van der Waals surface area contributed by atoms with Crippen LogP contribution in [-0.2, 0) is 14.8 Å². The van der Waals surface area contributed by atoms with Crippen molar-refractivity contribution in [2.24, 2.45) is 0 Å². The Morgan fingerprint density at radius 2 is 2.15 bits per heavy atom. The summed E-state index contributed by atoms with van der Waals surface area (Å²) in [5, 5.41) is 9.15. The van der Waals surface area contributed by atoms with Crippen LogP contribution in [0.25, 0.3) is 0 Å². The van der Waals surface area contributed by atoms with Gasteiger partial charge in [0.25, 0.3) is 0 Å². The number of nitrogens with two attached hydrogens (primary N) is 1. The normalized spacial score (nSPS) is 24.8. The predicted octanol–water partition coefficient (Wildman–Crippen LogP) is 0.348. The van der Waals surface area contributed by atoms with E-state index in [1.165, 1.54) is 10.4 Å². The van der Waals surface area contributed by atoms with Gasteiger partial charge in [-0.15, -0.1) is 0 Å². The Balaban J connectivity index is 2.37. The summed E-state index contributed by atoms with van der Waals surface area (Å²) in [6.07, 6.45) is -0.483. The number of ether oxygens (including phenoxy) is 1. The van der Waals surface area contributed by atoms with E-state index in [0.29, 0.717) is 5.69 Å². The molecule has 112 valence electrons. The minimum absolute atomic E-state index is 0.147. The van der Waals surface area contributed by atoms with E-state index in [0.717, 1.165) is 5.56 Å². The van der Waals surface area contributed by atoms with E-state index in [-0.39, 0.29) is 30.7 Å². The van der Waals surface area contributed by atoms with Crippen molar-refractivity contribution >= 4 is 15.7 Å². The molecule has 1 aliphatic heterocycles. The lowest BCUT2D eigenvalue weighted by Crippen LogP contribution is -2.51. The highest BCUT2D eigenvalue weighted by Crippen LogP contribution is 2.24. The molecule has 6 nitrogen and oxygen atoms in total. The van der Waals surface area contributed by atoms with Crippen molar-refractivity contribution in [3.63, 3.8) is 0 Å². The van der Waals surface area contributed by atoms with Crippen LogP contribution in [0.4, 0.5) is 5.69 Å². The monoisotopic (exact) mass is 300 g/mol. The van der Waals surface area contributed by atoms with Crippen molar-refractivity contribution in [2.45, 2.75) is 30.9 Å². The fraction of sp³-hybridized carbons (Fsp3) is 0.538. The molecule has 0 spiro atoms. The Bertz CT molecular complexity index is 568. The van der Waals surface area contributed by atoms with Gasteiger partial charge in [-0.25, -0.2) is 8.42 Å². The van der Waals surface area contributed by atoms with Gasteiger partial charge in [-0.3, -0.25) is 0 Å². The van der Waals surface area contributed by atoms with Crippen LogP contribution in [0.1, 0.15) is 12.5 Å². The minimum Gasteiger partial charge on any atom is -0.399 e. The highest BCUT2D eigenvalue weighted by atomic mass is 32.2. The van der Waals surface area contributed by atoms with Crippen LogP contribution in [0.15, 0.2) is 23.1 Å². The Hall–Kier alpha value is -1.15. The molecular weight excluding hydrogens is 280 g/mol. The summed E-state index contributed by atoms with van der Waals surface area (Å²) in [5.41, 5.74) is 6.94. The van der Waals surface area contributed by atoms with Crippen molar-refractivity contribution in [3.05, 3.63) is 23.8 Å². The zero-order chi connectivity index (χ0) is 14.9. The third-order valence-corrected chi connectivity index (χ3v) is 5.29. The summed E-state index contributed by atoms with van der Waals surface area (Å²) in [6, 6.07) is 4.50. The second-order valence-electron chi connectivity index (χ2n) is 5.14. The molecule has 1 aliphatic rings. The van der Waals surface area contributed by atoms with Crippen molar-refractivity contribution in [1.82, 2.24) is 4.31 Å². The molecule has 3 N–H and O–H groups in total. The number of rotatable bonds is 3. The number of aryl methyl sites for hydroxylation is 1. The standard InChI is InChI=1S/C13H20N2O4S/c1-9-3-11(14)5-13(4-9)20(17,18)15-6-12(7-16)19-8-10(15)2/h3-5,10,12,16H,6-8,14H2,1-2H3. The van der Waals surface area contributed by atoms with Crippen LogP contribution >= 0.6 is 0 Å². The average Bonchev–Trinajstić information content (AvgIpc) is 2.38. The van der Waals surface area contributed by atoms with Crippen LogP contribution in [0.5, 0.6) is 0 Å². The number of aliphatic hydroxyl groups is 1. The molecule has 0 amide bonds. The van der Waals surface area contributed by atoms with E-state index in [9.17, 15) is 8.42 Å². The number of sulfonamides is 1. The third-order valence-electron chi connectivity index (χ3n) is 3.33. The number of nitrogens with zero attached hydrogens (tertiary/aromatic N) is 1. The highest BCUT2D eigenvalue weighted by Gasteiger charge is 2.35. The van der Waals surface area contributed by atoms with Crippen LogP contribution in [-0.4, -0.2) is 49.7 Å². The van der Waals surface area contributed by atoms with Gasteiger partial charge in [-0.2, -0.15) is 4.31 Å².